The van der Waals surface area contributed by atoms with Gasteiger partial charge in [-0.2, -0.15) is 0 Å². The minimum absolute atomic E-state index is 0.00710. The number of rotatable bonds is 4. The van der Waals surface area contributed by atoms with E-state index in [2.05, 4.69) is 5.32 Å². The van der Waals surface area contributed by atoms with E-state index in [1.54, 1.807) is 0 Å². The van der Waals surface area contributed by atoms with Crippen molar-refractivity contribution in [3.8, 4) is 0 Å². The van der Waals surface area contributed by atoms with E-state index in [1.165, 1.54) is 6.07 Å². The van der Waals surface area contributed by atoms with E-state index in [-0.39, 0.29) is 17.1 Å². The third kappa shape index (κ3) is 2.46. The predicted octanol–water partition coefficient (Wildman–Crippen LogP) is 2.07. The van der Waals surface area contributed by atoms with Gasteiger partial charge in [-0.3, -0.25) is 9.59 Å². The minimum atomic E-state index is -0.909. The Morgan fingerprint density at radius 2 is 2.11 bits per heavy atom. The van der Waals surface area contributed by atoms with Crippen molar-refractivity contribution in [2.75, 3.05) is 6.54 Å². The van der Waals surface area contributed by atoms with Crippen LogP contribution in [0.15, 0.2) is 18.2 Å². The van der Waals surface area contributed by atoms with Crippen molar-refractivity contribution in [1.29, 1.82) is 0 Å². The van der Waals surface area contributed by atoms with Gasteiger partial charge in [0.25, 0.3) is 5.91 Å². The molecule has 0 atom stereocenters. The number of nitrogens with one attached hydrogen (secondary N) is 1. The number of aliphatic carboxylic acids is 1. The lowest BCUT2D eigenvalue weighted by Crippen LogP contribution is -2.34. The zero-order chi connectivity index (χ0) is 13.3. The zero-order valence-electron chi connectivity index (χ0n) is 9.37. The van der Waals surface area contributed by atoms with Crippen LogP contribution >= 0.6 is 11.6 Å². The summed E-state index contributed by atoms with van der Waals surface area (Å²) < 4.78 is 12.8. The van der Waals surface area contributed by atoms with Crippen LogP contribution in [-0.4, -0.2) is 23.5 Å². The molecule has 0 bridgehead atoms. The average molecular weight is 272 g/mol. The molecule has 1 fully saturated rings. The van der Waals surface area contributed by atoms with Crippen molar-refractivity contribution in [2.45, 2.75) is 12.8 Å². The number of hydrogen-bond acceptors (Lipinski definition) is 2. The molecule has 6 heteroatoms. The quantitative estimate of drug-likeness (QED) is 0.881. The number of carbonyl (C=O) groups excluding carboxylic acids is 1. The number of benzene rings is 1. The molecule has 0 saturated heterocycles. The van der Waals surface area contributed by atoms with Crippen LogP contribution in [-0.2, 0) is 4.79 Å². The summed E-state index contributed by atoms with van der Waals surface area (Å²) in [7, 11) is 0. The third-order valence-electron chi connectivity index (χ3n) is 3.07. The summed E-state index contributed by atoms with van der Waals surface area (Å²) >= 11 is 5.74. The second-order valence-corrected chi connectivity index (χ2v) is 4.80. The van der Waals surface area contributed by atoms with Crippen molar-refractivity contribution in [1.82, 2.24) is 5.32 Å². The number of carboxylic acids is 1. The molecular formula is C12H11ClFNO3. The molecule has 1 aromatic carbocycles. The van der Waals surface area contributed by atoms with Crippen LogP contribution in [0.3, 0.4) is 0 Å². The minimum Gasteiger partial charge on any atom is -0.481 e. The molecule has 1 aliphatic carbocycles. The van der Waals surface area contributed by atoms with Gasteiger partial charge in [0.05, 0.1) is 16.0 Å². The van der Waals surface area contributed by atoms with E-state index in [4.69, 9.17) is 16.7 Å². The summed E-state index contributed by atoms with van der Waals surface area (Å²) in [6.45, 7) is 0.0644. The van der Waals surface area contributed by atoms with Crippen molar-refractivity contribution >= 4 is 23.5 Å². The van der Waals surface area contributed by atoms with Gasteiger partial charge in [-0.25, -0.2) is 4.39 Å². The highest BCUT2D eigenvalue weighted by Gasteiger charge is 2.50. The molecule has 1 aliphatic rings. The van der Waals surface area contributed by atoms with Crippen LogP contribution < -0.4 is 5.32 Å². The van der Waals surface area contributed by atoms with Gasteiger partial charge in [0.15, 0.2) is 0 Å². The summed E-state index contributed by atoms with van der Waals surface area (Å²) in [5.41, 5.74) is -0.693. The normalized spacial score (nSPS) is 16.1. The van der Waals surface area contributed by atoms with Crippen molar-refractivity contribution in [3.05, 3.63) is 34.6 Å². The van der Waals surface area contributed by atoms with Crippen molar-refractivity contribution in [3.63, 3.8) is 0 Å². The first kappa shape index (κ1) is 12.8. The zero-order valence-corrected chi connectivity index (χ0v) is 10.1. The standard InChI is InChI=1S/C12H11ClFNO3/c13-9-5-7(14)1-2-8(9)10(16)15-6-12(3-4-12)11(17)18/h1-2,5H,3-4,6H2,(H,15,16)(H,17,18). The molecule has 0 aromatic heterocycles. The van der Waals surface area contributed by atoms with Gasteiger partial charge in [-0.1, -0.05) is 11.6 Å². The fourth-order valence-corrected chi connectivity index (χ4v) is 1.89. The van der Waals surface area contributed by atoms with Crippen LogP contribution in [0.25, 0.3) is 0 Å². The first-order valence-electron chi connectivity index (χ1n) is 5.41. The molecule has 18 heavy (non-hydrogen) atoms. The molecule has 1 amide bonds. The maximum Gasteiger partial charge on any atom is 0.311 e. The molecule has 4 nitrogen and oxygen atoms in total. The number of carboxylic acid groups (broad SMARTS) is 1. The number of amides is 1. The molecule has 0 spiro atoms. The van der Waals surface area contributed by atoms with E-state index in [0.717, 1.165) is 12.1 Å². The number of halogens is 2. The highest BCUT2D eigenvalue weighted by atomic mass is 35.5. The SMILES string of the molecule is O=C(NCC1(C(=O)O)CC1)c1ccc(F)cc1Cl. The lowest BCUT2D eigenvalue weighted by molar-refractivity contribution is -0.143. The topological polar surface area (TPSA) is 66.4 Å². The molecule has 96 valence electrons. The maximum absolute atomic E-state index is 12.8. The molecule has 0 unspecified atom stereocenters. The lowest BCUT2D eigenvalue weighted by atomic mass is 10.1. The van der Waals surface area contributed by atoms with Gasteiger partial charge in [-0.05, 0) is 31.0 Å². The van der Waals surface area contributed by atoms with Crippen LogP contribution in [0.1, 0.15) is 23.2 Å². The molecule has 0 aliphatic heterocycles. The molecule has 2 rings (SSSR count). The molecule has 1 saturated carbocycles. The molecular weight excluding hydrogens is 261 g/mol. The van der Waals surface area contributed by atoms with E-state index in [1.807, 2.05) is 0 Å². The van der Waals surface area contributed by atoms with Gasteiger partial charge in [-0.15, -0.1) is 0 Å². The summed E-state index contributed by atoms with van der Waals surface area (Å²) in [4.78, 5) is 22.7. The predicted molar refractivity (Wildman–Crippen MR) is 63.0 cm³/mol. The summed E-state index contributed by atoms with van der Waals surface area (Å²) in [6, 6.07) is 3.44. The van der Waals surface area contributed by atoms with E-state index >= 15 is 0 Å². The second-order valence-electron chi connectivity index (χ2n) is 4.39. The van der Waals surface area contributed by atoms with Gasteiger partial charge >= 0.3 is 5.97 Å². The summed E-state index contributed by atoms with van der Waals surface area (Å²) in [6.07, 6.45) is 1.11. The molecule has 2 N–H and O–H groups in total. The smallest absolute Gasteiger partial charge is 0.311 e. The van der Waals surface area contributed by atoms with Gasteiger partial charge in [0.2, 0.25) is 0 Å². The second kappa shape index (κ2) is 4.57. The van der Waals surface area contributed by atoms with E-state index in [0.29, 0.717) is 12.8 Å². The Balaban J connectivity index is 2.02. The number of hydrogen-bond donors (Lipinski definition) is 2. The fourth-order valence-electron chi connectivity index (χ4n) is 1.64. The third-order valence-corrected chi connectivity index (χ3v) is 3.38. The van der Waals surface area contributed by atoms with Crippen molar-refractivity contribution < 1.29 is 19.1 Å². The van der Waals surface area contributed by atoms with Crippen LogP contribution in [0.2, 0.25) is 5.02 Å². The Morgan fingerprint density at radius 3 is 2.61 bits per heavy atom. The monoisotopic (exact) mass is 271 g/mol. The highest BCUT2D eigenvalue weighted by Crippen LogP contribution is 2.45. The largest absolute Gasteiger partial charge is 0.481 e. The van der Waals surface area contributed by atoms with Crippen molar-refractivity contribution in [2.24, 2.45) is 5.41 Å². The van der Waals surface area contributed by atoms with Crippen LogP contribution in [0, 0.1) is 11.2 Å². The molecule has 1 aromatic rings. The Hall–Kier alpha value is -1.62. The Kier molecular flexibility index (Phi) is 3.26. The maximum atomic E-state index is 12.8. The molecule has 0 heterocycles. The summed E-state index contributed by atoms with van der Waals surface area (Å²) in [5.74, 6) is -1.93. The van der Waals surface area contributed by atoms with Gasteiger partial charge < -0.3 is 10.4 Å². The Labute approximate surface area is 108 Å². The first-order valence-corrected chi connectivity index (χ1v) is 5.79. The highest BCUT2D eigenvalue weighted by molar-refractivity contribution is 6.33. The van der Waals surface area contributed by atoms with Gasteiger partial charge in [0, 0.05) is 6.54 Å². The van der Waals surface area contributed by atoms with E-state index < -0.39 is 23.1 Å². The fraction of sp³-hybridized carbons (Fsp3) is 0.333. The van der Waals surface area contributed by atoms with E-state index in [9.17, 15) is 14.0 Å². The summed E-state index contributed by atoms with van der Waals surface area (Å²) in [5, 5.41) is 11.5. The average Bonchev–Trinajstić information content (AvgIpc) is 3.07. The van der Waals surface area contributed by atoms with Crippen LogP contribution in [0.5, 0.6) is 0 Å². The Bertz CT molecular complexity index is 514. The van der Waals surface area contributed by atoms with Crippen LogP contribution in [0.4, 0.5) is 4.39 Å². The Morgan fingerprint density at radius 1 is 1.44 bits per heavy atom. The number of carbonyl (C=O) groups is 2. The van der Waals surface area contributed by atoms with Gasteiger partial charge in [0.1, 0.15) is 5.82 Å². The first-order chi connectivity index (χ1) is 8.44. The lowest BCUT2D eigenvalue weighted by Gasteiger charge is -2.11. The molecule has 0 radical (unpaired) electrons.